The predicted octanol–water partition coefficient (Wildman–Crippen LogP) is 11.8. The lowest BCUT2D eigenvalue weighted by Crippen LogP contribution is -2.02. The highest BCUT2D eigenvalue weighted by molar-refractivity contribution is 7.27. The van der Waals surface area contributed by atoms with Crippen molar-refractivity contribution in [2.45, 2.75) is 0 Å². The second-order valence-corrected chi connectivity index (χ2v) is 13.1. The molecule has 11 rings (SSSR count). The molecule has 0 radical (unpaired) electrons. The molecule has 0 amide bonds. The Bertz CT molecular complexity index is 3080. The fraction of sp³-hybridized carbons (Fsp3) is 0. The highest BCUT2D eigenvalue weighted by Gasteiger charge is 2.25. The topological polar surface area (TPSA) is 43.9 Å². The second kappa shape index (κ2) is 9.25. The largest absolute Gasteiger partial charge is 0.456 e. The van der Waals surface area contributed by atoms with Gasteiger partial charge in [-0.1, -0.05) is 97.1 Å². The zero-order valence-electron chi connectivity index (χ0n) is 24.9. The van der Waals surface area contributed by atoms with Crippen molar-refractivity contribution >= 4 is 96.9 Å². The van der Waals surface area contributed by atoms with Gasteiger partial charge in [-0.15, -0.1) is 11.3 Å². The number of furan rings is 1. The van der Waals surface area contributed by atoms with Gasteiger partial charge in [0.05, 0.1) is 21.3 Å². The molecule has 47 heavy (non-hydrogen) atoms. The maximum Gasteiger partial charge on any atom is 0.162 e. The fourth-order valence-electron chi connectivity index (χ4n) is 7.64. The summed E-state index contributed by atoms with van der Waals surface area (Å²) in [5.41, 5.74) is 6.02. The highest BCUT2D eigenvalue weighted by Crippen LogP contribution is 2.51. The van der Waals surface area contributed by atoms with E-state index in [9.17, 15) is 0 Å². The number of rotatable bonds is 2. The minimum absolute atomic E-state index is 0.713. The van der Waals surface area contributed by atoms with Gasteiger partial charge in [0, 0.05) is 53.4 Å². The summed E-state index contributed by atoms with van der Waals surface area (Å²) in [6.07, 6.45) is 0. The zero-order valence-corrected chi connectivity index (χ0v) is 25.8. The summed E-state index contributed by atoms with van der Waals surface area (Å²) < 4.78 is 11.4. The van der Waals surface area contributed by atoms with Crippen LogP contribution in [0.25, 0.3) is 103 Å². The minimum Gasteiger partial charge on any atom is -0.456 e. The summed E-state index contributed by atoms with van der Waals surface area (Å²) in [6.45, 7) is 0. The van der Waals surface area contributed by atoms with Gasteiger partial charge in [0.15, 0.2) is 5.82 Å². The molecule has 7 aromatic carbocycles. The van der Waals surface area contributed by atoms with Gasteiger partial charge in [-0.25, -0.2) is 9.97 Å². The Hall–Kier alpha value is -6.04. The molecular weight excluding hydrogens is 595 g/mol. The van der Waals surface area contributed by atoms with Crippen molar-refractivity contribution in [3.8, 4) is 17.2 Å². The van der Waals surface area contributed by atoms with Gasteiger partial charge < -0.3 is 4.42 Å². The van der Waals surface area contributed by atoms with Gasteiger partial charge in [0.1, 0.15) is 17.0 Å². The van der Waals surface area contributed by atoms with Crippen LogP contribution < -0.4 is 0 Å². The maximum atomic E-state index is 6.46. The molecule has 218 valence electrons. The number of aromatic nitrogens is 3. The van der Waals surface area contributed by atoms with Crippen LogP contribution in [-0.2, 0) is 0 Å². The summed E-state index contributed by atoms with van der Waals surface area (Å²) in [4.78, 5) is 10.4. The molecule has 4 nitrogen and oxygen atoms in total. The molecule has 0 atom stereocenters. The molecule has 11 aromatic rings. The molecule has 0 bridgehead atoms. The molecule has 0 fully saturated rings. The highest BCUT2D eigenvalue weighted by atomic mass is 32.1. The smallest absolute Gasteiger partial charge is 0.162 e. The molecule has 0 spiro atoms. The number of thiophene rings is 1. The van der Waals surface area contributed by atoms with Gasteiger partial charge in [-0.2, -0.15) is 0 Å². The van der Waals surface area contributed by atoms with Crippen LogP contribution in [0.15, 0.2) is 144 Å². The normalized spacial score (nSPS) is 12.3. The zero-order chi connectivity index (χ0) is 30.6. The molecule has 0 unspecified atom stereocenters. The van der Waals surface area contributed by atoms with Crippen LogP contribution in [0.5, 0.6) is 0 Å². The van der Waals surface area contributed by atoms with E-state index in [2.05, 4.69) is 120 Å². The van der Waals surface area contributed by atoms with Gasteiger partial charge >= 0.3 is 0 Å². The summed E-state index contributed by atoms with van der Waals surface area (Å²) in [5, 5.41) is 10.7. The summed E-state index contributed by atoms with van der Waals surface area (Å²) in [7, 11) is 0. The Morgan fingerprint density at radius 3 is 2.11 bits per heavy atom. The van der Waals surface area contributed by atoms with Crippen molar-refractivity contribution in [1.29, 1.82) is 0 Å². The van der Waals surface area contributed by atoms with E-state index in [1.807, 2.05) is 35.6 Å². The Morgan fingerprint density at radius 1 is 0.489 bits per heavy atom. The second-order valence-electron chi connectivity index (χ2n) is 12.1. The molecule has 0 aliphatic heterocycles. The number of hydrogen-bond donors (Lipinski definition) is 0. The fourth-order valence-corrected chi connectivity index (χ4v) is 8.89. The summed E-state index contributed by atoms with van der Waals surface area (Å²) in [5.74, 6) is 1.60. The average molecular weight is 618 g/mol. The number of hydrogen-bond acceptors (Lipinski definition) is 4. The molecule has 0 N–H and O–H groups in total. The first-order chi connectivity index (χ1) is 23.3. The quantitative estimate of drug-likeness (QED) is 0.194. The molecule has 0 saturated heterocycles. The van der Waals surface area contributed by atoms with E-state index in [1.54, 1.807) is 0 Å². The maximum absolute atomic E-state index is 6.46. The third kappa shape index (κ3) is 3.36. The molecule has 0 saturated carbocycles. The minimum atomic E-state index is 0.713. The Kier molecular flexibility index (Phi) is 4.96. The molecule has 0 aliphatic rings. The first-order valence-electron chi connectivity index (χ1n) is 15.8. The average Bonchev–Trinajstić information content (AvgIpc) is 3.81. The van der Waals surface area contributed by atoms with Crippen molar-refractivity contribution in [1.82, 2.24) is 14.5 Å². The standard InChI is InChI=1S/C42H23N3OS/c1-2-12-24(13-3-1)41-43-30-18-8-4-14-25(30)42(44-41)45-31-19-9-5-15-26(31)35-29-22-23-33-36(27-16-6-10-20-32(27)46-33)37(29)38-28-17-7-11-21-34(28)47-40(38)39(35)45/h1-23H. The predicted molar refractivity (Wildman–Crippen MR) is 197 cm³/mol. The van der Waals surface area contributed by atoms with Crippen LogP contribution in [0.1, 0.15) is 0 Å². The van der Waals surface area contributed by atoms with Crippen LogP contribution >= 0.6 is 11.3 Å². The van der Waals surface area contributed by atoms with Crippen LogP contribution in [0.3, 0.4) is 0 Å². The lowest BCUT2D eigenvalue weighted by Gasteiger charge is -2.14. The van der Waals surface area contributed by atoms with E-state index >= 15 is 0 Å². The van der Waals surface area contributed by atoms with E-state index in [1.165, 1.54) is 52.6 Å². The van der Waals surface area contributed by atoms with E-state index in [4.69, 9.17) is 14.4 Å². The van der Waals surface area contributed by atoms with Gasteiger partial charge in [0.2, 0.25) is 0 Å². The van der Waals surface area contributed by atoms with Crippen molar-refractivity contribution in [2.75, 3.05) is 0 Å². The van der Waals surface area contributed by atoms with Gasteiger partial charge in [-0.05, 0) is 47.9 Å². The van der Waals surface area contributed by atoms with Gasteiger partial charge in [-0.3, -0.25) is 4.57 Å². The Morgan fingerprint density at radius 2 is 1.21 bits per heavy atom. The third-order valence-corrected chi connectivity index (χ3v) is 10.8. The number of benzene rings is 7. The van der Waals surface area contributed by atoms with Crippen LogP contribution in [0.4, 0.5) is 0 Å². The van der Waals surface area contributed by atoms with Crippen LogP contribution in [0, 0.1) is 0 Å². The van der Waals surface area contributed by atoms with Crippen molar-refractivity contribution in [2.24, 2.45) is 0 Å². The monoisotopic (exact) mass is 617 g/mol. The van der Waals surface area contributed by atoms with Crippen molar-refractivity contribution in [3.63, 3.8) is 0 Å². The van der Waals surface area contributed by atoms with E-state index in [0.29, 0.717) is 5.82 Å². The first kappa shape index (κ1) is 25.2. The lowest BCUT2D eigenvalue weighted by molar-refractivity contribution is 0.669. The van der Waals surface area contributed by atoms with E-state index in [0.717, 1.165) is 44.4 Å². The number of fused-ring (bicyclic) bond motifs is 15. The SMILES string of the molecule is c1ccc(-c2nc(-n3c4ccccc4c4c5ccc6oc7ccccc7c6c5c5c6ccccc6sc5c43)c3ccccc3n2)cc1. The van der Waals surface area contributed by atoms with Crippen LogP contribution in [-0.4, -0.2) is 14.5 Å². The number of para-hydroxylation sites is 3. The molecule has 5 heteroatoms. The van der Waals surface area contributed by atoms with Crippen LogP contribution in [0.2, 0.25) is 0 Å². The Labute approximate surface area is 271 Å². The van der Waals surface area contributed by atoms with Crippen molar-refractivity contribution in [3.05, 3.63) is 140 Å². The molecule has 0 aliphatic carbocycles. The van der Waals surface area contributed by atoms with Crippen molar-refractivity contribution < 1.29 is 4.42 Å². The van der Waals surface area contributed by atoms with Gasteiger partial charge in [0.25, 0.3) is 0 Å². The molecule has 4 heterocycles. The lowest BCUT2D eigenvalue weighted by atomic mass is 9.95. The summed E-state index contributed by atoms with van der Waals surface area (Å²) >= 11 is 1.86. The Balaban J connectivity index is 1.43. The summed E-state index contributed by atoms with van der Waals surface area (Å²) in [6, 6.07) is 49.0. The number of nitrogens with zero attached hydrogens (tertiary/aromatic N) is 3. The first-order valence-corrected chi connectivity index (χ1v) is 16.6. The van der Waals surface area contributed by atoms with E-state index < -0.39 is 0 Å². The third-order valence-electron chi connectivity index (χ3n) is 9.57. The molecular formula is C42H23N3OS. The van der Waals surface area contributed by atoms with E-state index in [-0.39, 0.29) is 0 Å². The molecule has 4 aromatic heterocycles.